The smallest absolute Gasteiger partial charge is 0.353 e. The lowest BCUT2D eigenvalue weighted by atomic mass is 9.86. The van der Waals surface area contributed by atoms with Gasteiger partial charge in [0.1, 0.15) is 22.9 Å². The van der Waals surface area contributed by atoms with Gasteiger partial charge in [0.05, 0.1) is 23.2 Å². The quantitative estimate of drug-likeness (QED) is 0.0547. The average Bonchev–Trinajstić information content (AvgIpc) is 3.88. The van der Waals surface area contributed by atoms with E-state index in [0.29, 0.717) is 13.1 Å². The highest BCUT2D eigenvalue weighted by Gasteiger charge is 2.26. The molecule has 6 aromatic carbocycles. The molecule has 0 fully saturated rings. The zero-order chi connectivity index (χ0) is 56.6. The van der Waals surface area contributed by atoms with Gasteiger partial charge in [-0.05, 0) is 173 Å². The highest BCUT2D eigenvalue weighted by atomic mass is 35.5. The Balaban J connectivity index is 0.000000287. The summed E-state index contributed by atoms with van der Waals surface area (Å²) in [6, 6.07) is 45.1. The van der Waals surface area contributed by atoms with Crippen LogP contribution in [0, 0.1) is 0 Å². The normalized spacial score (nSPS) is 11.7. The molecule has 0 spiro atoms. The first-order chi connectivity index (χ1) is 36.9. The van der Waals surface area contributed by atoms with Crippen molar-refractivity contribution in [1.29, 1.82) is 0 Å². The molecule has 0 saturated carbocycles. The number of likely N-dealkylation sites (N-methyl/N-ethyl adjacent to an activating group) is 2. The fraction of sp³-hybridized carbons (Fsp3) is 0.364. The highest BCUT2D eigenvalue weighted by molar-refractivity contribution is 6.02. The highest BCUT2D eigenvalue weighted by Crippen LogP contribution is 2.37. The summed E-state index contributed by atoms with van der Waals surface area (Å²) >= 11 is 0. The van der Waals surface area contributed by atoms with Gasteiger partial charge >= 0.3 is 11.9 Å². The Labute approximate surface area is 486 Å². The van der Waals surface area contributed by atoms with Crippen LogP contribution in [-0.4, -0.2) is 108 Å². The molecule has 0 aliphatic heterocycles. The molecule has 2 heterocycles. The molecule has 12 nitrogen and oxygen atoms in total. The average molecular weight is 1130 g/mol. The lowest BCUT2D eigenvalue weighted by Crippen LogP contribution is -2.26. The number of carbonyl (C=O) groups is 2. The van der Waals surface area contributed by atoms with Gasteiger partial charge < -0.3 is 49.3 Å². The predicted octanol–water partition coefficient (Wildman–Crippen LogP) is 14.3. The van der Waals surface area contributed by atoms with Gasteiger partial charge in [0.2, 0.25) is 0 Å². The zero-order valence-corrected chi connectivity index (χ0v) is 50.9. The molecule has 0 atom stereocenters. The van der Waals surface area contributed by atoms with Crippen molar-refractivity contribution in [3.63, 3.8) is 0 Å². The van der Waals surface area contributed by atoms with Crippen molar-refractivity contribution in [3.8, 4) is 45.1 Å². The summed E-state index contributed by atoms with van der Waals surface area (Å²) in [5.74, 6) is -0.384. The lowest BCUT2D eigenvalue weighted by Gasteiger charge is -2.19. The molecule has 428 valence electrons. The minimum atomic E-state index is -0.950. The maximum Gasteiger partial charge on any atom is 0.353 e. The third-order valence-electron chi connectivity index (χ3n) is 13.7. The van der Waals surface area contributed by atoms with Gasteiger partial charge in [0, 0.05) is 72.5 Å². The summed E-state index contributed by atoms with van der Waals surface area (Å²) in [7, 11) is 8.11. The first-order valence-electron chi connectivity index (χ1n) is 27.2. The van der Waals surface area contributed by atoms with Gasteiger partial charge in [0.25, 0.3) is 0 Å². The summed E-state index contributed by atoms with van der Waals surface area (Å²) in [4.78, 5) is 29.7. The lowest BCUT2D eigenvalue weighted by molar-refractivity contribution is 0.0676. The Kier molecular flexibility index (Phi) is 22.2. The minimum Gasteiger partial charge on any atom is -0.491 e. The number of fused-ring (bicyclic) bond motifs is 2. The van der Waals surface area contributed by atoms with Crippen LogP contribution in [0.1, 0.15) is 112 Å². The largest absolute Gasteiger partial charge is 0.491 e. The van der Waals surface area contributed by atoms with Crippen LogP contribution in [0.25, 0.3) is 55.4 Å². The van der Waals surface area contributed by atoms with Crippen molar-refractivity contribution in [2.75, 3.05) is 54.4 Å². The van der Waals surface area contributed by atoms with Crippen LogP contribution in [-0.2, 0) is 23.9 Å². The van der Waals surface area contributed by atoms with Gasteiger partial charge in [-0.3, -0.25) is 0 Å². The molecular weight excluding hydrogens is 1040 g/mol. The number of nitrogens with zero attached hydrogens (tertiary/aromatic N) is 4. The molecule has 14 heteroatoms. The van der Waals surface area contributed by atoms with Crippen LogP contribution in [0.4, 0.5) is 0 Å². The maximum absolute atomic E-state index is 12.7. The van der Waals surface area contributed by atoms with Crippen molar-refractivity contribution in [2.24, 2.45) is 0 Å². The molecular formula is C66H84Cl2N6O6. The molecule has 4 N–H and O–H groups in total. The minimum absolute atomic E-state index is 0. The number of carboxylic acids is 2. The molecule has 0 unspecified atom stereocenters. The molecule has 8 rings (SSSR count). The van der Waals surface area contributed by atoms with Crippen molar-refractivity contribution in [3.05, 3.63) is 167 Å². The number of aromatic nitrogens is 2. The van der Waals surface area contributed by atoms with Gasteiger partial charge in [-0.1, -0.05) is 102 Å². The Morgan fingerprint density at radius 3 is 1.07 bits per heavy atom. The number of benzene rings is 6. The number of nitrogens with one attached hydrogen (secondary N) is 2. The van der Waals surface area contributed by atoms with Crippen LogP contribution in [0.2, 0.25) is 0 Å². The van der Waals surface area contributed by atoms with Crippen molar-refractivity contribution in [2.45, 2.75) is 105 Å². The van der Waals surface area contributed by atoms with Crippen molar-refractivity contribution >= 4 is 58.6 Å². The van der Waals surface area contributed by atoms with E-state index in [1.807, 2.05) is 126 Å². The molecule has 0 radical (unpaired) electrons. The van der Waals surface area contributed by atoms with Gasteiger partial charge in [0.15, 0.2) is 0 Å². The standard InChI is InChI=1S/2C33H41N3O3.2ClH/c2*1-22(2)39-27-15-13-26(14-16-27)36-30-17-10-24(23-8-11-25(12-9-23)33(3,4)5)20-28(30)29(31(36)32(37)38)21-34-18-19-35(6)7;;/h2*8-17,20,22,34H,18-19,21H2,1-7H3,(H,37,38);2*1H. The molecule has 0 bridgehead atoms. The summed E-state index contributed by atoms with van der Waals surface area (Å²) in [6.45, 7) is 25.4. The zero-order valence-electron chi connectivity index (χ0n) is 49.2. The number of hydrogen-bond donors (Lipinski definition) is 4. The SMILES string of the molecule is CC(C)Oc1ccc(-n2c(C(=O)O)c(CNCCN(C)C)c3cc(-c4ccc(C(C)(C)C)cc4)ccc32)cc1.CC(C)Oc1ccc(-n2c(C(=O)O)c(CNCCN(C)C)c3cc(-c4ccc(C(C)(C)C)cc4)ccc32)cc1.Cl.Cl. The predicted molar refractivity (Wildman–Crippen MR) is 335 cm³/mol. The molecule has 0 saturated heterocycles. The third kappa shape index (κ3) is 15.8. The first kappa shape index (κ1) is 64.2. The van der Waals surface area contributed by atoms with Crippen LogP contribution in [0.3, 0.4) is 0 Å². The van der Waals surface area contributed by atoms with Crippen molar-refractivity contribution in [1.82, 2.24) is 29.6 Å². The van der Waals surface area contributed by atoms with Gasteiger partial charge in [-0.25, -0.2) is 9.59 Å². The number of carboxylic acid groups (broad SMARTS) is 2. The molecule has 2 aromatic heterocycles. The summed E-state index contributed by atoms with van der Waals surface area (Å²) in [6.07, 6.45) is 0.127. The number of ether oxygens (including phenoxy) is 2. The van der Waals surface area contributed by atoms with Crippen LogP contribution in [0.5, 0.6) is 11.5 Å². The molecule has 80 heavy (non-hydrogen) atoms. The Morgan fingerprint density at radius 1 is 0.487 bits per heavy atom. The summed E-state index contributed by atoms with van der Waals surface area (Å²) < 4.78 is 15.3. The molecule has 8 aromatic rings. The molecule has 0 aliphatic rings. The number of halogens is 2. The van der Waals surface area contributed by atoms with E-state index >= 15 is 0 Å². The Bertz CT molecular complexity index is 3090. The number of hydrogen-bond acceptors (Lipinski definition) is 8. The van der Waals surface area contributed by atoms with Crippen LogP contribution < -0.4 is 20.1 Å². The van der Waals surface area contributed by atoms with Crippen molar-refractivity contribution < 1.29 is 29.3 Å². The van der Waals surface area contributed by atoms with E-state index in [1.54, 1.807) is 0 Å². The van der Waals surface area contributed by atoms with Gasteiger partial charge in [-0.15, -0.1) is 24.8 Å². The third-order valence-corrected chi connectivity index (χ3v) is 13.7. The second-order valence-electron chi connectivity index (χ2n) is 23.3. The van der Waals surface area contributed by atoms with E-state index < -0.39 is 11.9 Å². The van der Waals surface area contributed by atoms with E-state index in [-0.39, 0.29) is 59.2 Å². The van der Waals surface area contributed by atoms with E-state index in [2.05, 4.69) is 135 Å². The second-order valence-corrected chi connectivity index (χ2v) is 23.3. The van der Waals surface area contributed by atoms with E-state index in [4.69, 9.17) is 9.47 Å². The van der Waals surface area contributed by atoms with E-state index in [1.165, 1.54) is 11.1 Å². The molecule has 0 aliphatic carbocycles. The topological polar surface area (TPSA) is 133 Å². The Morgan fingerprint density at radius 2 is 0.800 bits per heavy atom. The van der Waals surface area contributed by atoms with Gasteiger partial charge in [-0.2, -0.15) is 0 Å². The number of rotatable bonds is 20. The van der Waals surface area contributed by atoms with Crippen LogP contribution >= 0.6 is 24.8 Å². The van der Waals surface area contributed by atoms with E-state index in [9.17, 15) is 19.8 Å². The maximum atomic E-state index is 12.7. The van der Waals surface area contributed by atoms with Crippen LogP contribution in [0.15, 0.2) is 133 Å². The Hall–Kier alpha value is -6.64. The van der Waals surface area contributed by atoms with E-state index in [0.717, 1.165) is 104 Å². The summed E-state index contributed by atoms with van der Waals surface area (Å²) in [5, 5.41) is 29.7. The number of aromatic carboxylic acids is 2. The summed E-state index contributed by atoms with van der Waals surface area (Å²) in [5.41, 5.74) is 12.5. The fourth-order valence-electron chi connectivity index (χ4n) is 9.66. The fourth-order valence-corrected chi connectivity index (χ4v) is 9.66. The molecule has 0 amide bonds. The second kappa shape index (κ2) is 27.7. The first-order valence-corrected chi connectivity index (χ1v) is 27.2. The monoisotopic (exact) mass is 1130 g/mol.